The lowest BCUT2D eigenvalue weighted by Crippen LogP contribution is -2.42. The summed E-state index contributed by atoms with van der Waals surface area (Å²) in [6.07, 6.45) is -0.440. The van der Waals surface area contributed by atoms with Crippen LogP contribution < -0.4 is 4.90 Å². The zero-order chi connectivity index (χ0) is 13.3. The Bertz CT molecular complexity index is 422. The lowest BCUT2D eigenvalue weighted by Gasteiger charge is -2.37. The molecule has 1 fully saturated rings. The molecule has 2 rings (SSSR count). The first-order valence-electron chi connectivity index (χ1n) is 6.40. The molecule has 4 heteroatoms. The summed E-state index contributed by atoms with van der Waals surface area (Å²) in [5, 5.41) is 19.4. The van der Waals surface area contributed by atoms with Crippen molar-refractivity contribution in [1.29, 1.82) is 0 Å². The molecule has 1 aromatic rings. The number of nitrogens with zero attached hydrogens (tertiary/aromatic N) is 1. The predicted octanol–water partition coefficient (Wildman–Crippen LogP) is 2.09. The van der Waals surface area contributed by atoms with E-state index in [0.29, 0.717) is 25.1 Å². The molecule has 1 heterocycles. The van der Waals surface area contributed by atoms with Crippen LogP contribution in [-0.2, 0) is 0 Å². The number of anilines is 1. The minimum absolute atomic E-state index is 0.156. The van der Waals surface area contributed by atoms with Gasteiger partial charge >= 0.3 is 0 Å². The van der Waals surface area contributed by atoms with Crippen LogP contribution in [-0.4, -0.2) is 29.4 Å². The molecule has 0 amide bonds. The van der Waals surface area contributed by atoms with Crippen LogP contribution in [0.4, 0.5) is 10.1 Å². The van der Waals surface area contributed by atoms with Crippen molar-refractivity contribution < 1.29 is 14.6 Å². The molecule has 1 aliphatic rings. The van der Waals surface area contributed by atoms with Crippen LogP contribution in [0.15, 0.2) is 18.2 Å². The van der Waals surface area contributed by atoms with E-state index in [9.17, 15) is 14.6 Å². The van der Waals surface area contributed by atoms with Gasteiger partial charge in [0.2, 0.25) is 0 Å². The third kappa shape index (κ3) is 2.49. The Kier molecular flexibility index (Phi) is 3.88. The maximum Gasteiger partial charge on any atom is 0.131 e. The van der Waals surface area contributed by atoms with Gasteiger partial charge in [-0.2, -0.15) is 0 Å². The standard InChI is InChI=1S/C14H20FNO2/c1-9-8-16(7-6-13(9)18)12-5-3-4-11(15)14(12)10(2)17/h3-5,9-10,13,17-18H,6-8H2,1-2H3/t9?,10-,13?/m1/s1. The topological polar surface area (TPSA) is 43.7 Å². The van der Waals surface area contributed by atoms with E-state index in [1.54, 1.807) is 13.0 Å². The molecular formula is C14H20FNO2. The molecule has 0 bridgehead atoms. The molecule has 1 aromatic carbocycles. The first-order chi connectivity index (χ1) is 8.50. The molecule has 1 saturated heterocycles. The van der Waals surface area contributed by atoms with E-state index in [4.69, 9.17) is 0 Å². The van der Waals surface area contributed by atoms with Gasteiger partial charge in [0, 0.05) is 24.3 Å². The van der Waals surface area contributed by atoms with E-state index in [-0.39, 0.29) is 17.8 Å². The Morgan fingerprint density at radius 3 is 2.78 bits per heavy atom. The lowest BCUT2D eigenvalue weighted by molar-refractivity contribution is 0.0968. The average molecular weight is 253 g/mol. The number of aliphatic hydroxyl groups excluding tert-OH is 2. The lowest BCUT2D eigenvalue weighted by atomic mass is 9.95. The second-order valence-corrected chi connectivity index (χ2v) is 5.13. The van der Waals surface area contributed by atoms with Gasteiger partial charge in [-0.1, -0.05) is 13.0 Å². The normalized spacial score (nSPS) is 26.2. The van der Waals surface area contributed by atoms with E-state index < -0.39 is 6.10 Å². The summed E-state index contributed by atoms with van der Waals surface area (Å²) in [5.41, 5.74) is 1.09. The molecular weight excluding hydrogens is 233 g/mol. The quantitative estimate of drug-likeness (QED) is 0.848. The molecule has 2 N–H and O–H groups in total. The number of benzene rings is 1. The SMILES string of the molecule is CC1CN(c2cccc(F)c2[C@@H](C)O)CCC1O. The fourth-order valence-electron chi connectivity index (χ4n) is 2.57. The van der Waals surface area contributed by atoms with Gasteiger partial charge in [-0.25, -0.2) is 4.39 Å². The van der Waals surface area contributed by atoms with Crippen molar-refractivity contribution in [2.75, 3.05) is 18.0 Å². The zero-order valence-corrected chi connectivity index (χ0v) is 10.8. The van der Waals surface area contributed by atoms with Gasteiger partial charge in [0.1, 0.15) is 5.82 Å². The van der Waals surface area contributed by atoms with Crippen LogP contribution in [0.25, 0.3) is 0 Å². The summed E-state index contributed by atoms with van der Waals surface area (Å²) in [6, 6.07) is 4.86. The van der Waals surface area contributed by atoms with Gasteiger partial charge in [0.05, 0.1) is 12.2 Å². The van der Waals surface area contributed by atoms with Crippen molar-refractivity contribution >= 4 is 5.69 Å². The number of aliphatic hydroxyl groups is 2. The third-order valence-corrected chi connectivity index (χ3v) is 3.65. The molecule has 100 valence electrons. The van der Waals surface area contributed by atoms with E-state index in [2.05, 4.69) is 0 Å². The molecule has 1 aliphatic heterocycles. The number of hydrogen-bond acceptors (Lipinski definition) is 3. The molecule has 0 aromatic heterocycles. The van der Waals surface area contributed by atoms with Crippen LogP contribution in [0.2, 0.25) is 0 Å². The molecule has 0 saturated carbocycles. The molecule has 0 radical (unpaired) electrons. The van der Waals surface area contributed by atoms with Crippen molar-refractivity contribution in [3.05, 3.63) is 29.6 Å². The van der Waals surface area contributed by atoms with Gasteiger partial charge in [-0.05, 0) is 31.4 Å². The van der Waals surface area contributed by atoms with Crippen LogP contribution in [0, 0.1) is 11.7 Å². The number of halogens is 1. The molecule has 2 unspecified atom stereocenters. The Hall–Kier alpha value is -1.13. The molecule has 0 aliphatic carbocycles. The monoisotopic (exact) mass is 253 g/mol. The maximum absolute atomic E-state index is 13.8. The minimum atomic E-state index is -0.830. The van der Waals surface area contributed by atoms with Crippen LogP contribution in [0.1, 0.15) is 31.9 Å². The zero-order valence-electron chi connectivity index (χ0n) is 10.8. The average Bonchev–Trinajstić information content (AvgIpc) is 2.32. The summed E-state index contributed by atoms with van der Waals surface area (Å²) in [5.74, 6) is -0.217. The fourth-order valence-corrected chi connectivity index (χ4v) is 2.57. The van der Waals surface area contributed by atoms with Crippen LogP contribution >= 0.6 is 0 Å². The van der Waals surface area contributed by atoms with E-state index in [1.165, 1.54) is 6.07 Å². The summed E-state index contributed by atoms with van der Waals surface area (Å²) in [4.78, 5) is 2.04. The van der Waals surface area contributed by atoms with Gasteiger partial charge in [-0.3, -0.25) is 0 Å². The minimum Gasteiger partial charge on any atom is -0.393 e. The van der Waals surface area contributed by atoms with E-state index >= 15 is 0 Å². The van der Waals surface area contributed by atoms with Crippen LogP contribution in [0.5, 0.6) is 0 Å². The third-order valence-electron chi connectivity index (χ3n) is 3.65. The predicted molar refractivity (Wildman–Crippen MR) is 69.0 cm³/mol. The summed E-state index contributed by atoms with van der Waals surface area (Å²) >= 11 is 0. The Morgan fingerprint density at radius 1 is 1.44 bits per heavy atom. The van der Waals surface area contributed by atoms with Crippen molar-refractivity contribution in [3.63, 3.8) is 0 Å². The van der Waals surface area contributed by atoms with E-state index in [1.807, 2.05) is 17.9 Å². The van der Waals surface area contributed by atoms with Crippen molar-refractivity contribution in [3.8, 4) is 0 Å². The smallest absolute Gasteiger partial charge is 0.131 e. The molecule has 18 heavy (non-hydrogen) atoms. The Labute approximate surface area is 107 Å². The second kappa shape index (κ2) is 5.24. The highest BCUT2D eigenvalue weighted by Crippen LogP contribution is 2.31. The van der Waals surface area contributed by atoms with Crippen molar-refractivity contribution in [2.24, 2.45) is 5.92 Å². The first-order valence-corrected chi connectivity index (χ1v) is 6.40. The molecule has 3 atom stereocenters. The van der Waals surface area contributed by atoms with Crippen LogP contribution in [0.3, 0.4) is 0 Å². The highest BCUT2D eigenvalue weighted by molar-refractivity contribution is 5.55. The summed E-state index contributed by atoms with van der Waals surface area (Å²) in [7, 11) is 0. The first kappa shape index (κ1) is 13.3. The Morgan fingerprint density at radius 2 is 2.17 bits per heavy atom. The number of hydrogen-bond donors (Lipinski definition) is 2. The molecule has 0 spiro atoms. The van der Waals surface area contributed by atoms with Gasteiger partial charge < -0.3 is 15.1 Å². The Balaban J connectivity index is 2.31. The maximum atomic E-state index is 13.8. The van der Waals surface area contributed by atoms with Crippen molar-refractivity contribution in [1.82, 2.24) is 0 Å². The van der Waals surface area contributed by atoms with E-state index in [0.717, 1.165) is 5.69 Å². The van der Waals surface area contributed by atoms with Crippen molar-refractivity contribution in [2.45, 2.75) is 32.5 Å². The van der Waals surface area contributed by atoms with Gasteiger partial charge in [0.25, 0.3) is 0 Å². The molecule has 3 nitrogen and oxygen atoms in total. The highest BCUT2D eigenvalue weighted by atomic mass is 19.1. The highest BCUT2D eigenvalue weighted by Gasteiger charge is 2.27. The number of piperidine rings is 1. The van der Waals surface area contributed by atoms with Gasteiger partial charge in [-0.15, -0.1) is 0 Å². The largest absolute Gasteiger partial charge is 0.393 e. The summed E-state index contributed by atoms with van der Waals surface area (Å²) < 4.78 is 13.8. The number of rotatable bonds is 2. The summed E-state index contributed by atoms with van der Waals surface area (Å²) in [6.45, 7) is 4.93. The fraction of sp³-hybridized carbons (Fsp3) is 0.571. The van der Waals surface area contributed by atoms with Gasteiger partial charge in [0.15, 0.2) is 0 Å². The second-order valence-electron chi connectivity index (χ2n) is 5.13.